The van der Waals surface area contributed by atoms with Crippen molar-refractivity contribution in [2.45, 2.75) is 100 Å². The van der Waals surface area contributed by atoms with E-state index in [0.29, 0.717) is 35.5 Å². The Morgan fingerprint density at radius 3 is 2.15 bits per heavy atom. The normalized spacial score (nSPS) is 15.4. The molecular weight excluding hydrogens is 713 g/mol. The number of hydrogen-bond donors (Lipinski definition) is 2. The highest BCUT2D eigenvalue weighted by atomic mass is 32.2. The molecule has 1 unspecified atom stereocenters. The monoisotopic (exact) mass is 766 g/mol. The van der Waals surface area contributed by atoms with Crippen LogP contribution in [0, 0.1) is 0 Å². The number of para-hydroxylation sites is 1. The number of carbonyl (C=O) groups excluding carboxylic acids is 3. The van der Waals surface area contributed by atoms with Crippen LogP contribution in [0.1, 0.15) is 84.7 Å². The van der Waals surface area contributed by atoms with Crippen LogP contribution in [0.3, 0.4) is 0 Å². The fourth-order valence-corrected chi connectivity index (χ4v) is 8.59. The lowest BCUT2D eigenvalue weighted by atomic mass is 9.87. The van der Waals surface area contributed by atoms with Gasteiger partial charge in [0.25, 0.3) is 5.91 Å². The van der Waals surface area contributed by atoms with Crippen LogP contribution in [0.15, 0.2) is 82.6 Å². The van der Waals surface area contributed by atoms with Gasteiger partial charge >= 0.3 is 5.97 Å². The molecule has 1 aliphatic heterocycles. The second-order valence-electron chi connectivity index (χ2n) is 14.5. The highest BCUT2D eigenvalue weighted by Crippen LogP contribution is 2.44. The third kappa shape index (κ3) is 11.2. The maximum Gasteiger partial charge on any atom is 0.326 e. The summed E-state index contributed by atoms with van der Waals surface area (Å²) in [7, 11) is -2.57. The zero-order valence-electron chi connectivity index (χ0n) is 31.9. The molecule has 0 radical (unpaired) electrons. The summed E-state index contributed by atoms with van der Waals surface area (Å²) >= 11 is 1.38. The Morgan fingerprint density at radius 1 is 0.981 bits per heavy atom. The van der Waals surface area contributed by atoms with Gasteiger partial charge in [-0.25, -0.2) is 13.1 Å². The van der Waals surface area contributed by atoms with Crippen LogP contribution in [0.25, 0.3) is 0 Å². The van der Waals surface area contributed by atoms with Crippen molar-refractivity contribution >= 4 is 50.9 Å². The first-order valence-electron chi connectivity index (χ1n) is 18.1. The summed E-state index contributed by atoms with van der Waals surface area (Å²) in [6.07, 6.45) is 6.84. The molecule has 1 aliphatic rings. The summed E-state index contributed by atoms with van der Waals surface area (Å²) in [6.45, 7) is 9.09. The minimum atomic E-state index is -4.04. The second-order valence-corrected chi connectivity index (χ2v) is 17.0. The fraction of sp³-hybridized carbons (Fsp3) is 0.475. The molecule has 0 fully saturated rings. The standard InChI is InChI=1S/C40H54N4O7S2/c1-8-10-22-40(23-11-9-2)28-44(30-20-16-13-17-21-30)31-24-33(52-7)32(25-34(31)53(48,49)42-40)50-27-35(45)41-37(29-18-14-12-15-19-29)38(47)43(6)26-36(46)51-39(3,4)5/h12-21,24-25,37,42H,8-11,22-23,26-28H2,1-7H3,(H,41,45). The van der Waals surface area contributed by atoms with Crippen LogP contribution >= 0.6 is 11.8 Å². The third-order valence-electron chi connectivity index (χ3n) is 8.93. The van der Waals surface area contributed by atoms with Crippen LogP contribution in [0.4, 0.5) is 11.4 Å². The molecule has 53 heavy (non-hydrogen) atoms. The molecule has 0 aliphatic carbocycles. The van der Waals surface area contributed by atoms with Crippen molar-refractivity contribution in [2.75, 3.05) is 37.9 Å². The topological polar surface area (TPSA) is 134 Å². The molecule has 288 valence electrons. The van der Waals surface area contributed by atoms with Crippen LogP contribution in [0.5, 0.6) is 5.75 Å². The average molecular weight is 767 g/mol. The van der Waals surface area contributed by atoms with Gasteiger partial charge < -0.3 is 24.6 Å². The highest BCUT2D eigenvalue weighted by molar-refractivity contribution is 7.98. The molecule has 0 saturated carbocycles. The molecule has 2 N–H and O–H groups in total. The summed E-state index contributed by atoms with van der Waals surface area (Å²) in [4.78, 5) is 43.6. The van der Waals surface area contributed by atoms with Gasteiger partial charge in [-0.3, -0.25) is 14.4 Å². The number of benzene rings is 3. The zero-order valence-corrected chi connectivity index (χ0v) is 33.6. The van der Waals surface area contributed by atoms with E-state index in [1.165, 1.54) is 29.8 Å². The van der Waals surface area contributed by atoms with E-state index >= 15 is 0 Å². The highest BCUT2D eigenvalue weighted by Gasteiger charge is 2.42. The Hall–Kier alpha value is -4.07. The van der Waals surface area contributed by atoms with E-state index in [9.17, 15) is 22.8 Å². The van der Waals surface area contributed by atoms with E-state index in [1.807, 2.05) is 42.7 Å². The fourth-order valence-electron chi connectivity index (χ4n) is 6.39. The number of sulfonamides is 1. The third-order valence-corrected chi connectivity index (χ3v) is 11.3. The average Bonchev–Trinajstić information content (AvgIpc) is 3.21. The SMILES string of the molecule is CCCCC1(CCCC)CN(c2ccccc2)c2cc(SC)c(OCC(=O)NC(C(=O)N(C)CC(=O)OC(C)(C)C)c3ccccc3)cc2S(=O)(=O)N1. The smallest absolute Gasteiger partial charge is 0.326 e. The second kappa shape index (κ2) is 18.3. The molecule has 3 aromatic carbocycles. The molecule has 0 bridgehead atoms. The van der Waals surface area contributed by atoms with Gasteiger partial charge in [0.15, 0.2) is 6.61 Å². The van der Waals surface area contributed by atoms with E-state index < -0.39 is 51.6 Å². The van der Waals surface area contributed by atoms with Gasteiger partial charge in [0.2, 0.25) is 15.9 Å². The molecule has 4 rings (SSSR count). The van der Waals surface area contributed by atoms with Gasteiger partial charge in [-0.1, -0.05) is 88.1 Å². The summed E-state index contributed by atoms with van der Waals surface area (Å²) in [5.74, 6) is -1.47. The van der Waals surface area contributed by atoms with Crippen molar-refractivity contribution in [3.63, 3.8) is 0 Å². The molecule has 3 aromatic rings. The van der Waals surface area contributed by atoms with E-state index in [1.54, 1.807) is 51.1 Å². The van der Waals surface area contributed by atoms with Gasteiger partial charge in [-0.05, 0) is 63.6 Å². The first-order chi connectivity index (χ1) is 25.1. The number of amides is 2. The number of anilines is 2. The number of carbonyl (C=O) groups is 3. The van der Waals surface area contributed by atoms with Crippen molar-refractivity contribution in [1.82, 2.24) is 14.9 Å². The van der Waals surface area contributed by atoms with Crippen molar-refractivity contribution in [2.24, 2.45) is 0 Å². The lowest BCUT2D eigenvalue weighted by Gasteiger charge is -2.37. The van der Waals surface area contributed by atoms with Gasteiger partial charge in [-0.2, -0.15) is 0 Å². The Labute approximate surface area is 319 Å². The number of thioether (sulfide) groups is 1. The molecule has 0 saturated heterocycles. The molecule has 11 nitrogen and oxygen atoms in total. The number of esters is 1. The number of likely N-dealkylation sites (N-methyl/N-ethyl adjacent to an activating group) is 1. The zero-order chi connectivity index (χ0) is 38.8. The van der Waals surface area contributed by atoms with E-state index in [2.05, 4.69) is 28.8 Å². The van der Waals surface area contributed by atoms with Gasteiger partial charge in [0.1, 0.15) is 28.8 Å². The maximum absolute atomic E-state index is 14.3. The van der Waals surface area contributed by atoms with Crippen LogP contribution < -0.4 is 19.7 Å². The number of hydrogen-bond acceptors (Lipinski definition) is 9. The van der Waals surface area contributed by atoms with Gasteiger partial charge in [-0.15, -0.1) is 11.8 Å². The van der Waals surface area contributed by atoms with E-state index in [4.69, 9.17) is 9.47 Å². The Kier molecular flexibility index (Phi) is 14.4. The quantitative estimate of drug-likeness (QED) is 0.117. The Morgan fingerprint density at radius 2 is 1.58 bits per heavy atom. The maximum atomic E-state index is 14.3. The molecule has 0 spiro atoms. The summed E-state index contributed by atoms with van der Waals surface area (Å²) in [6, 6.07) is 20.7. The number of nitrogens with zero attached hydrogens (tertiary/aromatic N) is 2. The number of fused-ring (bicyclic) bond motifs is 1. The number of nitrogens with one attached hydrogen (secondary N) is 2. The predicted octanol–water partition coefficient (Wildman–Crippen LogP) is 6.99. The molecule has 1 atom stereocenters. The first kappa shape index (κ1) is 41.7. The van der Waals surface area contributed by atoms with Crippen LogP contribution in [-0.2, 0) is 29.1 Å². The molecule has 0 aromatic heterocycles. The molecule has 13 heteroatoms. The summed E-state index contributed by atoms with van der Waals surface area (Å²) < 4.78 is 43.3. The lowest BCUT2D eigenvalue weighted by Crippen LogP contribution is -2.53. The van der Waals surface area contributed by atoms with Crippen LogP contribution in [-0.4, -0.2) is 75.2 Å². The van der Waals surface area contributed by atoms with Crippen molar-refractivity contribution in [1.29, 1.82) is 0 Å². The van der Waals surface area contributed by atoms with Gasteiger partial charge in [0, 0.05) is 25.3 Å². The van der Waals surface area contributed by atoms with Crippen molar-refractivity contribution in [3.05, 3.63) is 78.4 Å². The molecule has 2 amide bonds. The first-order valence-corrected chi connectivity index (χ1v) is 20.8. The van der Waals surface area contributed by atoms with Crippen molar-refractivity contribution < 1.29 is 32.3 Å². The summed E-state index contributed by atoms with van der Waals surface area (Å²) in [5, 5.41) is 2.76. The molecular formula is C40H54N4O7S2. The van der Waals surface area contributed by atoms with E-state index in [-0.39, 0.29) is 17.2 Å². The Bertz CT molecular complexity index is 1810. The van der Waals surface area contributed by atoms with Crippen LogP contribution in [0.2, 0.25) is 0 Å². The number of rotatable bonds is 16. The van der Waals surface area contributed by atoms with E-state index in [0.717, 1.165) is 31.4 Å². The van der Waals surface area contributed by atoms with Crippen molar-refractivity contribution in [3.8, 4) is 5.75 Å². The number of ether oxygens (including phenoxy) is 2. The predicted molar refractivity (Wildman–Crippen MR) is 210 cm³/mol. The Balaban J connectivity index is 1.65. The number of unbranched alkanes of at least 4 members (excludes halogenated alkanes) is 2. The summed E-state index contributed by atoms with van der Waals surface area (Å²) in [5.41, 5.74) is 0.500. The molecule has 1 heterocycles. The minimum Gasteiger partial charge on any atom is -0.483 e. The largest absolute Gasteiger partial charge is 0.483 e. The lowest BCUT2D eigenvalue weighted by molar-refractivity contribution is -0.158. The minimum absolute atomic E-state index is 0.0607. The van der Waals surface area contributed by atoms with Gasteiger partial charge in [0.05, 0.1) is 16.1 Å².